The van der Waals surface area contributed by atoms with E-state index < -0.39 is 23.0 Å². The summed E-state index contributed by atoms with van der Waals surface area (Å²) in [5.74, 6) is -0.629. The van der Waals surface area contributed by atoms with Crippen molar-refractivity contribution in [1.29, 1.82) is 0 Å². The highest BCUT2D eigenvalue weighted by atomic mass is 16.6. The molecule has 0 aliphatic carbocycles. The summed E-state index contributed by atoms with van der Waals surface area (Å²) < 4.78 is 9.77. The Bertz CT molecular complexity index is 820. The zero-order valence-electron chi connectivity index (χ0n) is 14.1. The number of esters is 1. The molecule has 0 saturated carbocycles. The molecule has 0 fully saturated rings. The van der Waals surface area contributed by atoms with Crippen molar-refractivity contribution in [2.75, 3.05) is 18.6 Å². The Morgan fingerprint density at radius 2 is 1.84 bits per heavy atom. The largest absolute Gasteiger partial charge is 0.467 e. The molecule has 0 radical (unpaired) electrons. The molecule has 1 unspecified atom stereocenters. The first kappa shape index (κ1) is 18.2. The number of fused-ring (bicyclic) bond motifs is 1. The Balaban J connectivity index is 2.68. The van der Waals surface area contributed by atoms with Gasteiger partial charge in [-0.2, -0.15) is 0 Å². The van der Waals surface area contributed by atoms with Crippen LogP contribution in [0.15, 0.2) is 36.4 Å². The molecular weight excluding hydrogens is 328 g/mol. The lowest BCUT2D eigenvalue weighted by Crippen LogP contribution is -2.44. The Morgan fingerprint density at radius 3 is 2.44 bits per heavy atom. The monoisotopic (exact) mass is 346 g/mol. The van der Waals surface area contributed by atoms with Crippen LogP contribution in [0.3, 0.4) is 0 Å². The van der Waals surface area contributed by atoms with Crippen molar-refractivity contribution in [3.8, 4) is 0 Å². The highest BCUT2D eigenvalue weighted by Gasteiger charge is 2.31. The number of nitro groups is 1. The van der Waals surface area contributed by atoms with Gasteiger partial charge in [0.05, 0.1) is 29.7 Å². The minimum atomic E-state index is -0.964. The van der Waals surface area contributed by atoms with E-state index in [0.29, 0.717) is 16.5 Å². The van der Waals surface area contributed by atoms with Crippen LogP contribution in [0.5, 0.6) is 0 Å². The van der Waals surface area contributed by atoms with E-state index in [2.05, 4.69) is 0 Å². The van der Waals surface area contributed by atoms with E-state index in [-0.39, 0.29) is 12.3 Å². The summed E-state index contributed by atoms with van der Waals surface area (Å²) in [5, 5.41) is 12.1. The first-order valence-corrected chi connectivity index (χ1v) is 7.62. The van der Waals surface area contributed by atoms with E-state index in [9.17, 15) is 19.7 Å². The first-order chi connectivity index (χ1) is 11.9. The van der Waals surface area contributed by atoms with E-state index in [1.807, 2.05) is 0 Å². The topological polar surface area (TPSA) is 99.0 Å². The van der Waals surface area contributed by atoms with Crippen molar-refractivity contribution < 1.29 is 24.0 Å². The summed E-state index contributed by atoms with van der Waals surface area (Å²) in [6.45, 7) is 3.26. The molecule has 0 saturated heterocycles. The second-order valence-corrected chi connectivity index (χ2v) is 5.17. The lowest BCUT2D eigenvalue weighted by molar-refractivity contribution is -0.383. The molecule has 0 bridgehead atoms. The number of carbonyl (C=O) groups excluding carboxylic acids is 2. The number of anilines is 1. The van der Waals surface area contributed by atoms with Crippen LogP contribution in [0, 0.1) is 10.1 Å². The fraction of sp³-hybridized carbons (Fsp3) is 0.294. The molecule has 2 aromatic rings. The van der Waals surface area contributed by atoms with Crippen LogP contribution in [0.25, 0.3) is 10.8 Å². The summed E-state index contributed by atoms with van der Waals surface area (Å²) in [5.41, 5.74) is 0.242. The first-order valence-electron chi connectivity index (χ1n) is 7.62. The SMILES string of the molecule is CCOC(=O)N(c1cccc2c([N+](=O)[O-])cccc12)C(C)C(=O)OC. The second-order valence-electron chi connectivity index (χ2n) is 5.17. The van der Waals surface area contributed by atoms with Gasteiger partial charge in [0.1, 0.15) is 6.04 Å². The molecule has 2 aromatic carbocycles. The van der Waals surface area contributed by atoms with Crippen molar-refractivity contribution in [3.05, 3.63) is 46.5 Å². The molecule has 1 amide bonds. The van der Waals surface area contributed by atoms with Gasteiger partial charge in [-0.15, -0.1) is 0 Å². The summed E-state index contributed by atoms with van der Waals surface area (Å²) in [7, 11) is 1.22. The summed E-state index contributed by atoms with van der Waals surface area (Å²) in [6.07, 6.45) is -0.737. The number of rotatable bonds is 5. The van der Waals surface area contributed by atoms with Gasteiger partial charge in [0.2, 0.25) is 0 Å². The van der Waals surface area contributed by atoms with Gasteiger partial charge in [0.25, 0.3) is 5.69 Å². The molecule has 2 rings (SSSR count). The van der Waals surface area contributed by atoms with Gasteiger partial charge in [-0.3, -0.25) is 15.0 Å². The normalized spacial score (nSPS) is 11.6. The van der Waals surface area contributed by atoms with Gasteiger partial charge in [0, 0.05) is 11.5 Å². The number of nitrogens with zero attached hydrogens (tertiary/aromatic N) is 2. The lowest BCUT2D eigenvalue weighted by atomic mass is 10.1. The maximum atomic E-state index is 12.4. The minimum absolute atomic E-state index is 0.0890. The standard InChI is InChI=1S/C17H18N2O6/c1-4-25-17(21)18(11(2)16(20)24-3)14-9-5-8-13-12(14)7-6-10-15(13)19(22)23/h5-11H,4H2,1-3H3. The van der Waals surface area contributed by atoms with Gasteiger partial charge in [0.15, 0.2) is 0 Å². The summed E-state index contributed by atoms with van der Waals surface area (Å²) in [4.78, 5) is 36.3. The predicted molar refractivity (Wildman–Crippen MR) is 91.6 cm³/mol. The Hall–Kier alpha value is -3.16. The number of hydrogen-bond acceptors (Lipinski definition) is 6. The maximum Gasteiger partial charge on any atom is 0.415 e. The van der Waals surface area contributed by atoms with Crippen LogP contribution in [-0.4, -0.2) is 36.7 Å². The van der Waals surface area contributed by atoms with Crippen LogP contribution in [0.1, 0.15) is 13.8 Å². The number of benzene rings is 2. The summed E-state index contributed by atoms with van der Waals surface area (Å²) >= 11 is 0. The van der Waals surface area contributed by atoms with Gasteiger partial charge in [-0.25, -0.2) is 9.59 Å². The number of carbonyl (C=O) groups is 2. The quantitative estimate of drug-likeness (QED) is 0.468. The zero-order valence-corrected chi connectivity index (χ0v) is 14.1. The predicted octanol–water partition coefficient (Wildman–Crippen LogP) is 3.27. The number of non-ortho nitro benzene ring substituents is 1. The average Bonchev–Trinajstić information content (AvgIpc) is 2.60. The van der Waals surface area contributed by atoms with Crippen LogP contribution in [0.4, 0.5) is 16.2 Å². The number of ether oxygens (including phenoxy) is 2. The van der Waals surface area contributed by atoms with Crippen LogP contribution in [0.2, 0.25) is 0 Å². The third-order valence-electron chi connectivity index (χ3n) is 3.73. The molecule has 0 N–H and O–H groups in total. The molecule has 0 heterocycles. The van der Waals surface area contributed by atoms with E-state index in [1.54, 1.807) is 31.2 Å². The maximum absolute atomic E-state index is 12.4. The molecular formula is C17H18N2O6. The zero-order chi connectivity index (χ0) is 18.6. The molecule has 25 heavy (non-hydrogen) atoms. The Labute approximate surface area is 144 Å². The Kier molecular flexibility index (Phi) is 5.53. The third kappa shape index (κ3) is 3.52. The minimum Gasteiger partial charge on any atom is -0.467 e. The van der Waals surface area contributed by atoms with Crippen molar-refractivity contribution in [2.45, 2.75) is 19.9 Å². The number of nitro benzene ring substituents is 1. The van der Waals surface area contributed by atoms with E-state index in [1.165, 1.54) is 26.2 Å². The molecule has 8 heteroatoms. The van der Waals surface area contributed by atoms with Gasteiger partial charge in [-0.1, -0.05) is 18.2 Å². The van der Waals surface area contributed by atoms with Crippen molar-refractivity contribution in [3.63, 3.8) is 0 Å². The van der Waals surface area contributed by atoms with Crippen molar-refractivity contribution >= 4 is 34.2 Å². The fourth-order valence-electron chi connectivity index (χ4n) is 2.58. The molecule has 1 atom stereocenters. The highest BCUT2D eigenvalue weighted by Crippen LogP contribution is 2.34. The number of methoxy groups -OCH3 is 1. The van der Waals surface area contributed by atoms with Crippen molar-refractivity contribution in [1.82, 2.24) is 0 Å². The van der Waals surface area contributed by atoms with E-state index in [0.717, 1.165) is 4.90 Å². The second kappa shape index (κ2) is 7.61. The van der Waals surface area contributed by atoms with Gasteiger partial charge >= 0.3 is 12.1 Å². The van der Waals surface area contributed by atoms with Gasteiger partial charge < -0.3 is 9.47 Å². The third-order valence-corrected chi connectivity index (χ3v) is 3.73. The molecule has 0 aromatic heterocycles. The average molecular weight is 346 g/mol. The van der Waals surface area contributed by atoms with E-state index >= 15 is 0 Å². The molecule has 0 aliphatic heterocycles. The van der Waals surface area contributed by atoms with Crippen LogP contribution < -0.4 is 4.90 Å². The van der Waals surface area contributed by atoms with Crippen LogP contribution in [-0.2, 0) is 14.3 Å². The number of hydrogen-bond donors (Lipinski definition) is 0. The summed E-state index contributed by atoms with van der Waals surface area (Å²) in [6, 6.07) is 8.36. The fourth-order valence-corrected chi connectivity index (χ4v) is 2.58. The molecule has 132 valence electrons. The Morgan fingerprint density at radius 1 is 1.20 bits per heavy atom. The number of amides is 1. The molecule has 8 nitrogen and oxygen atoms in total. The highest BCUT2D eigenvalue weighted by molar-refractivity contribution is 6.07. The lowest BCUT2D eigenvalue weighted by Gasteiger charge is -2.27. The van der Waals surface area contributed by atoms with Crippen LogP contribution >= 0.6 is 0 Å². The van der Waals surface area contributed by atoms with E-state index in [4.69, 9.17) is 9.47 Å². The molecule has 0 aliphatic rings. The van der Waals surface area contributed by atoms with Crippen molar-refractivity contribution in [2.24, 2.45) is 0 Å². The van der Waals surface area contributed by atoms with Gasteiger partial charge in [-0.05, 0) is 26.0 Å². The molecule has 0 spiro atoms. The smallest absolute Gasteiger partial charge is 0.415 e.